The van der Waals surface area contributed by atoms with Gasteiger partial charge in [0, 0.05) is 54.9 Å². The fraction of sp³-hybridized carbons (Fsp3) is 0.318. The number of hydrogen-bond donors (Lipinski definition) is 1. The standard InChI is InChI=1S/C22H25N5/c1-16-17(2)25-21(19-8-10-23-11-9-19)26-22(16)27-13-12-24-20(15-27)14-18-6-4-3-5-7-18/h3-11,20,24H,12-15H2,1-2H3. The Morgan fingerprint density at radius 3 is 2.59 bits per heavy atom. The van der Waals surface area contributed by atoms with Gasteiger partial charge in [0.15, 0.2) is 5.82 Å². The van der Waals surface area contributed by atoms with E-state index >= 15 is 0 Å². The van der Waals surface area contributed by atoms with Crippen LogP contribution in [0.3, 0.4) is 0 Å². The zero-order chi connectivity index (χ0) is 18.6. The summed E-state index contributed by atoms with van der Waals surface area (Å²) in [6, 6.07) is 15.0. The van der Waals surface area contributed by atoms with E-state index in [1.807, 2.05) is 12.1 Å². The maximum Gasteiger partial charge on any atom is 0.161 e. The first kappa shape index (κ1) is 17.6. The molecule has 2 aromatic heterocycles. The normalized spacial score (nSPS) is 17.1. The molecule has 1 atom stereocenters. The Balaban J connectivity index is 1.59. The number of nitrogens with one attached hydrogen (secondary N) is 1. The van der Waals surface area contributed by atoms with Crippen molar-refractivity contribution >= 4 is 5.82 Å². The highest BCUT2D eigenvalue weighted by molar-refractivity contribution is 5.60. The summed E-state index contributed by atoms with van der Waals surface area (Å²) in [5, 5.41) is 3.65. The van der Waals surface area contributed by atoms with Gasteiger partial charge in [-0.15, -0.1) is 0 Å². The molecule has 138 valence electrons. The third-order valence-corrected chi connectivity index (χ3v) is 5.18. The third kappa shape index (κ3) is 3.98. The molecule has 5 nitrogen and oxygen atoms in total. The van der Waals surface area contributed by atoms with Crippen molar-refractivity contribution in [1.82, 2.24) is 20.3 Å². The summed E-state index contributed by atoms with van der Waals surface area (Å²) in [5.74, 6) is 1.82. The predicted molar refractivity (Wildman–Crippen MR) is 109 cm³/mol. The monoisotopic (exact) mass is 359 g/mol. The molecule has 0 aliphatic carbocycles. The van der Waals surface area contributed by atoms with E-state index in [1.165, 1.54) is 5.56 Å². The fourth-order valence-electron chi connectivity index (χ4n) is 3.60. The molecular weight excluding hydrogens is 334 g/mol. The summed E-state index contributed by atoms with van der Waals surface area (Å²) in [6.07, 6.45) is 4.60. The van der Waals surface area contributed by atoms with E-state index in [0.29, 0.717) is 6.04 Å². The number of piperazine rings is 1. The van der Waals surface area contributed by atoms with Crippen LogP contribution in [0, 0.1) is 13.8 Å². The highest BCUT2D eigenvalue weighted by atomic mass is 15.3. The van der Waals surface area contributed by atoms with Crippen molar-refractivity contribution in [3.63, 3.8) is 0 Å². The first-order chi connectivity index (χ1) is 13.2. The number of benzene rings is 1. The van der Waals surface area contributed by atoms with Crippen molar-refractivity contribution in [1.29, 1.82) is 0 Å². The van der Waals surface area contributed by atoms with Gasteiger partial charge < -0.3 is 10.2 Å². The zero-order valence-electron chi connectivity index (χ0n) is 15.9. The van der Waals surface area contributed by atoms with E-state index in [9.17, 15) is 0 Å². The highest BCUT2D eigenvalue weighted by Crippen LogP contribution is 2.25. The molecular formula is C22H25N5. The van der Waals surface area contributed by atoms with E-state index in [4.69, 9.17) is 9.97 Å². The Morgan fingerprint density at radius 2 is 1.81 bits per heavy atom. The van der Waals surface area contributed by atoms with E-state index < -0.39 is 0 Å². The van der Waals surface area contributed by atoms with Crippen LogP contribution in [-0.4, -0.2) is 40.6 Å². The van der Waals surface area contributed by atoms with Gasteiger partial charge in [-0.3, -0.25) is 4.98 Å². The molecule has 1 saturated heterocycles. The summed E-state index contributed by atoms with van der Waals surface area (Å²) >= 11 is 0. The van der Waals surface area contributed by atoms with Crippen LogP contribution in [0.2, 0.25) is 0 Å². The molecule has 1 aliphatic rings. The Bertz CT molecular complexity index is 895. The van der Waals surface area contributed by atoms with Gasteiger partial charge in [0.2, 0.25) is 0 Å². The molecule has 27 heavy (non-hydrogen) atoms. The smallest absolute Gasteiger partial charge is 0.161 e. The van der Waals surface area contributed by atoms with Gasteiger partial charge in [-0.05, 0) is 38.0 Å². The number of hydrogen-bond acceptors (Lipinski definition) is 5. The van der Waals surface area contributed by atoms with Crippen LogP contribution >= 0.6 is 0 Å². The molecule has 0 amide bonds. The van der Waals surface area contributed by atoms with Crippen LogP contribution in [0.25, 0.3) is 11.4 Å². The minimum atomic E-state index is 0.417. The van der Waals surface area contributed by atoms with Crippen LogP contribution in [-0.2, 0) is 6.42 Å². The van der Waals surface area contributed by atoms with Crippen molar-refractivity contribution in [2.24, 2.45) is 0 Å². The summed E-state index contributed by atoms with van der Waals surface area (Å²) in [6.45, 7) is 7.05. The molecule has 1 fully saturated rings. The van der Waals surface area contributed by atoms with Gasteiger partial charge in [-0.1, -0.05) is 30.3 Å². The number of aromatic nitrogens is 3. The van der Waals surface area contributed by atoms with Gasteiger partial charge in [0.1, 0.15) is 5.82 Å². The van der Waals surface area contributed by atoms with Crippen LogP contribution < -0.4 is 10.2 Å². The van der Waals surface area contributed by atoms with E-state index in [0.717, 1.165) is 54.5 Å². The molecule has 0 spiro atoms. The Morgan fingerprint density at radius 1 is 1.04 bits per heavy atom. The first-order valence-corrected chi connectivity index (χ1v) is 9.48. The quantitative estimate of drug-likeness (QED) is 0.775. The van der Waals surface area contributed by atoms with Gasteiger partial charge >= 0.3 is 0 Å². The van der Waals surface area contributed by atoms with Crippen LogP contribution in [0.15, 0.2) is 54.9 Å². The summed E-state index contributed by atoms with van der Waals surface area (Å²) < 4.78 is 0. The van der Waals surface area contributed by atoms with Crippen LogP contribution in [0.1, 0.15) is 16.8 Å². The van der Waals surface area contributed by atoms with Crippen molar-refractivity contribution in [2.45, 2.75) is 26.3 Å². The number of nitrogens with zero attached hydrogens (tertiary/aromatic N) is 4. The Labute approximate surface area is 160 Å². The first-order valence-electron chi connectivity index (χ1n) is 9.48. The molecule has 5 heteroatoms. The zero-order valence-corrected chi connectivity index (χ0v) is 15.9. The fourth-order valence-corrected chi connectivity index (χ4v) is 3.60. The average molecular weight is 359 g/mol. The van der Waals surface area contributed by atoms with Crippen molar-refractivity contribution in [2.75, 3.05) is 24.5 Å². The second kappa shape index (κ2) is 7.84. The Hall–Kier alpha value is -2.79. The topological polar surface area (TPSA) is 53.9 Å². The molecule has 1 unspecified atom stereocenters. The van der Waals surface area contributed by atoms with Crippen molar-refractivity contribution < 1.29 is 0 Å². The minimum absolute atomic E-state index is 0.417. The molecule has 4 rings (SSSR count). The molecule has 1 aromatic carbocycles. The third-order valence-electron chi connectivity index (χ3n) is 5.18. The molecule has 3 aromatic rings. The van der Waals surface area contributed by atoms with E-state index in [1.54, 1.807) is 12.4 Å². The molecule has 0 radical (unpaired) electrons. The molecule has 0 bridgehead atoms. The lowest BCUT2D eigenvalue weighted by Crippen LogP contribution is -2.52. The van der Waals surface area contributed by atoms with Gasteiger partial charge in [-0.25, -0.2) is 9.97 Å². The minimum Gasteiger partial charge on any atom is -0.353 e. The van der Waals surface area contributed by atoms with Crippen molar-refractivity contribution in [3.05, 3.63) is 71.7 Å². The molecule has 3 heterocycles. The number of rotatable bonds is 4. The lowest BCUT2D eigenvalue weighted by molar-refractivity contribution is 0.452. The second-order valence-electron chi connectivity index (χ2n) is 7.10. The molecule has 1 aliphatic heterocycles. The van der Waals surface area contributed by atoms with Crippen molar-refractivity contribution in [3.8, 4) is 11.4 Å². The van der Waals surface area contributed by atoms with Gasteiger partial charge in [0.25, 0.3) is 0 Å². The average Bonchev–Trinajstić information content (AvgIpc) is 2.71. The SMILES string of the molecule is Cc1nc(-c2ccncc2)nc(N2CCNC(Cc3ccccc3)C2)c1C. The lowest BCUT2D eigenvalue weighted by atomic mass is 10.0. The predicted octanol–water partition coefficient (Wildman–Crippen LogP) is 3.18. The Kier molecular flexibility index (Phi) is 5.12. The number of pyridine rings is 1. The summed E-state index contributed by atoms with van der Waals surface area (Å²) in [7, 11) is 0. The lowest BCUT2D eigenvalue weighted by Gasteiger charge is -2.35. The van der Waals surface area contributed by atoms with E-state index in [2.05, 4.69) is 59.4 Å². The second-order valence-corrected chi connectivity index (χ2v) is 7.10. The van der Waals surface area contributed by atoms with Gasteiger partial charge in [-0.2, -0.15) is 0 Å². The van der Waals surface area contributed by atoms with Crippen LogP contribution in [0.5, 0.6) is 0 Å². The number of anilines is 1. The maximum atomic E-state index is 4.93. The number of aryl methyl sites for hydroxylation is 1. The summed E-state index contributed by atoms with van der Waals surface area (Å²) in [5.41, 5.74) is 4.56. The largest absolute Gasteiger partial charge is 0.353 e. The molecule has 1 N–H and O–H groups in total. The van der Waals surface area contributed by atoms with E-state index in [-0.39, 0.29) is 0 Å². The highest BCUT2D eigenvalue weighted by Gasteiger charge is 2.23. The molecule has 0 saturated carbocycles. The maximum absolute atomic E-state index is 4.93. The van der Waals surface area contributed by atoms with Gasteiger partial charge in [0.05, 0.1) is 0 Å². The van der Waals surface area contributed by atoms with Crippen LogP contribution in [0.4, 0.5) is 5.82 Å². The summed E-state index contributed by atoms with van der Waals surface area (Å²) in [4.78, 5) is 16.1.